The smallest absolute Gasteiger partial charge is 0.201 e. The standard InChI is InChI=1S/C5H5NO3S/c7-10(8)2-1-4-5(10)3-6-9-4/h1-2,6H,3H2. The molecule has 2 heterocycles. The van der Waals surface area contributed by atoms with E-state index in [1.807, 2.05) is 0 Å². The first-order chi connectivity index (χ1) is 4.70. The average Bonchev–Trinajstić information content (AvgIpc) is 2.36. The van der Waals surface area contributed by atoms with Crippen molar-refractivity contribution < 1.29 is 13.3 Å². The van der Waals surface area contributed by atoms with Crippen molar-refractivity contribution in [1.29, 1.82) is 0 Å². The molecule has 10 heavy (non-hydrogen) atoms. The van der Waals surface area contributed by atoms with E-state index in [0.717, 1.165) is 5.41 Å². The maximum atomic E-state index is 11.0. The molecule has 0 saturated heterocycles. The van der Waals surface area contributed by atoms with E-state index in [4.69, 9.17) is 4.84 Å². The van der Waals surface area contributed by atoms with E-state index in [-0.39, 0.29) is 6.54 Å². The molecule has 0 spiro atoms. The molecule has 4 nitrogen and oxygen atoms in total. The zero-order valence-corrected chi connectivity index (χ0v) is 5.81. The van der Waals surface area contributed by atoms with Gasteiger partial charge in [-0.1, -0.05) is 0 Å². The maximum absolute atomic E-state index is 11.0. The summed E-state index contributed by atoms with van der Waals surface area (Å²) in [6.07, 6.45) is 1.45. The van der Waals surface area contributed by atoms with Crippen molar-refractivity contribution in [2.75, 3.05) is 6.54 Å². The van der Waals surface area contributed by atoms with Crippen LogP contribution in [0.15, 0.2) is 22.1 Å². The van der Waals surface area contributed by atoms with Crippen molar-refractivity contribution in [2.24, 2.45) is 0 Å². The summed E-state index contributed by atoms with van der Waals surface area (Å²) in [4.78, 5) is 5.12. The predicted molar refractivity (Wildman–Crippen MR) is 34.2 cm³/mol. The molecule has 1 N–H and O–H groups in total. The third kappa shape index (κ3) is 0.614. The van der Waals surface area contributed by atoms with Gasteiger partial charge < -0.3 is 4.84 Å². The van der Waals surface area contributed by atoms with Gasteiger partial charge in [0.2, 0.25) is 9.84 Å². The third-order valence-electron chi connectivity index (χ3n) is 1.43. The van der Waals surface area contributed by atoms with Gasteiger partial charge >= 0.3 is 0 Å². The number of rotatable bonds is 0. The summed E-state index contributed by atoms with van der Waals surface area (Å²) in [5, 5.41) is 1.15. The predicted octanol–water partition coefficient (Wildman–Crippen LogP) is -0.325. The molecule has 0 atom stereocenters. The van der Waals surface area contributed by atoms with E-state index in [1.54, 1.807) is 0 Å². The minimum absolute atomic E-state index is 0.282. The van der Waals surface area contributed by atoms with Crippen LogP contribution in [0.2, 0.25) is 0 Å². The summed E-state index contributed by atoms with van der Waals surface area (Å²) in [7, 11) is -3.11. The lowest BCUT2D eigenvalue weighted by atomic mass is 10.4. The lowest BCUT2D eigenvalue weighted by Gasteiger charge is -1.92. The summed E-state index contributed by atoms with van der Waals surface area (Å²) in [6.45, 7) is 0.282. The van der Waals surface area contributed by atoms with E-state index in [2.05, 4.69) is 5.48 Å². The van der Waals surface area contributed by atoms with Crippen LogP contribution in [-0.4, -0.2) is 15.0 Å². The van der Waals surface area contributed by atoms with Gasteiger partial charge in [0.05, 0.1) is 6.54 Å². The second-order valence-electron chi connectivity index (χ2n) is 2.06. The second kappa shape index (κ2) is 1.62. The molecule has 2 rings (SSSR count). The Labute approximate surface area is 58.1 Å². The Morgan fingerprint density at radius 1 is 1.60 bits per heavy atom. The summed E-state index contributed by atoms with van der Waals surface area (Å²) >= 11 is 0. The molecule has 0 aromatic rings. The van der Waals surface area contributed by atoms with Gasteiger partial charge in [0.1, 0.15) is 4.91 Å². The maximum Gasteiger partial charge on any atom is 0.201 e. The highest BCUT2D eigenvalue weighted by molar-refractivity contribution is 7.98. The molecule has 5 heteroatoms. The first kappa shape index (κ1) is 5.94. The van der Waals surface area contributed by atoms with Gasteiger partial charge in [-0.05, 0) is 6.08 Å². The van der Waals surface area contributed by atoms with Crippen molar-refractivity contribution in [3.63, 3.8) is 0 Å². The van der Waals surface area contributed by atoms with E-state index in [9.17, 15) is 8.42 Å². The largest absolute Gasteiger partial charge is 0.407 e. The normalized spacial score (nSPS) is 26.8. The number of hydroxylamine groups is 1. The zero-order valence-electron chi connectivity index (χ0n) is 4.99. The number of hydrogen-bond acceptors (Lipinski definition) is 4. The van der Waals surface area contributed by atoms with Gasteiger partial charge in [0, 0.05) is 5.41 Å². The molecule has 0 amide bonds. The molecule has 0 aromatic heterocycles. The minimum atomic E-state index is -3.11. The fraction of sp³-hybridized carbons (Fsp3) is 0.200. The highest BCUT2D eigenvalue weighted by Gasteiger charge is 2.29. The number of allylic oxidation sites excluding steroid dienone is 1. The van der Waals surface area contributed by atoms with Crippen molar-refractivity contribution in [2.45, 2.75) is 0 Å². The first-order valence-electron chi connectivity index (χ1n) is 2.76. The molecule has 54 valence electrons. The SMILES string of the molecule is O=S1(=O)C=CC2=C1CNO2. The summed E-state index contributed by atoms with van der Waals surface area (Å²) < 4.78 is 22.0. The van der Waals surface area contributed by atoms with Crippen LogP contribution in [0.1, 0.15) is 0 Å². The highest BCUT2D eigenvalue weighted by atomic mass is 32.2. The molecule has 0 fully saturated rings. The Hall–Kier alpha value is -0.810. The molecular weight excluding hydrogens is 154 g/mol. The Balaban J connectivity index is 2.61. The summed E-state index contributed by atoms with van der Waals surface area (Å²) in [6, 6.07) is 0. The molecule has 0 radical (unpaired) electrons. The van der Waals surface area contributed by atoms with Crippen molar-refractivity contribution in [1.82, 2.24) is 5.48 Å². The molecule has 0 aliphatic carbocycles. The van der Waals surface area contributed by atoms with Crippen molar-refractivity contribution in [3.05, 3.63) is 22.1 Å². The lowest BCUT2D eigenvalue weighted by Crippen LogP contribution is -2.10. The highest BCUT2D eigenvalue weighted by Crippen LogP contribution is 2.25. The zero-order chi connectivity index (χ0) is 7.19. The van der Waals surface area contributed by atoms with Crippen LogP contribution in [0.25, 0.3) is 0 Å². The minimum Gasteiger partial charge on any atom is -0.407 e. The van der Waals surface area contributed by atoms with Gasteiger partial charge in [-0.25, -0.2) is 8.42 Å². The second-order valence-corrected chi connectivity index (χ2v) is 3.91. The fourth-order valence-electron chi connectivity index (χ4n) is 0.925. The molecule has 0 bridgehead atoms. The Kier molecular flexibility index (Phi) is 0.959. The number of sulfone groups is 1. The van der Waals surface area contributed by atoms with Gasteiger partial charge in [0.25, 0.3) is 0 Å². The van der Waals surface area contributed by atoms with Crippen LogP contribution >= 0.6 is 0 Å². The molecular formula is C5H5NO3S. The quantitative estimate of drug-likeness (QED) is 0.526. The van der Waals surface area contributed by atoms with Crippen LogP contribution in [-0.2, 0) is 14.7 Å². The van der Waals surface area contributed by atoms with E-state index in [0.29, 0.717) is 10.7 Å². The van der Waals surface area contributed by atoms with Crippen LogP contribution in [0.3, 0.4) is 0 Å². The molecule has 0 aromatic carbocycles. The van der Waals surface area contributed by atoms with Crippen LogP contribution in [0, 0.1) is 0 Å². The molecule has 0 saturated carbocycles. The molecule has 2 aliphatic rings. The van der Waals surface area contributed by atoms with Gasteiger partial charge in [0.15, 0.2) is 5.76 Å². The van der Waals surface area contributed by atoms with Gasteiger partial charge in [-0.15, -0.1) is 0 Å². The van der Waals surface area contributed by atoms with E-state index >= 15 is 0 Å². The monoisotopic (exact) mass is 159 g/mol. The van der Waals surface area contributed by atoms with Crippen molar-refractivity contribution in [3.8, 4) is 0 Å². The third-order valence-corrected chi connectivity index (χ3v) is 2.96. The first-order valence-corrected chi connectivity index (χ1v) is 4.31. The fourth-order valence-corrected chi connectivity index (χ4v) is 2.04. The van der Waals surface area contributed by atoms with Crippen LogP contribution in [0.5, 0.6) is 0 Å². The lowest BCUT2D eigenvalue weighted by molar-refractivity contribution is 0.149. The van der Waals surface area contributed by atoms with E-state index < -0.39 is 9.84 Å². The Bertz CT molecular complexity index is 325. The van der Waals surface area contributed by atoms with Crippen molar-refractivity contribution >= 4 is 9.84 Å². The molecule has 0 unspecified atom stereocenters. The van der Waals surface area contributed by atoms with Crippen LogP contribution in [0.4, 0.5) is 0 Å². The topological polar surface area (TPSA) is 55.4 Å². The summed E-state index contributed by atoms with van der Waals surface area (Å²) in [5.74, 6) is 0.431. The summed E-state index contributed by atoms with van der Waals surface area (Å²) in [5.41, 5.74) is 2.48. The average molecular weight is 159 g/mol. The Morgan fingerprint density at radius 2 is 2.40 bits per heavy atom. The van der Waals surface area contributed by atoms with Gasteiger partial charge in [-0.3, -0.25) is 0 Å². The number of hydrogen-bond donors (Lipinski definition) is 1. The molecule has 2 aliphatic heterocycles. The van der Waals surface area contributed by atoms with Crippen LogP contribution < -0.4 is 5.48 Å². The Morgan fingerprint density at radius 3 is 3.10 bits per heavy atom. The van der Waals surface area contributed by atoms with E-state index in [1.165, 1.54) is 6.08 Å². The number of nitrogens with one attached hydrogen (secondary N) is 1. The van der Waals surface area contributed by atoms with Gasteiger partial charge in [-0.2, -0.15) is 5.48 Å².